The molecular formula is C26H31FN6O. The van der Waals surface area contributed by atoms with E-state index in [1.54, 1.807) is 11.0 Å². The Kier molecular flexibility index (Phi) is 5.54. The van der Waals surface area contributed by atoms with E-state index in [0.29, 0.717) is 17.9 Å². The van der Waals surface area contributed by atoms with Gasteiger partial charge in [-0.1, -0.05) is 6.07 Å². The summed E-state index contributed by atoms with van der Waals surface area (Å²) in [6.45, 7) is 10.2. The van der Waals surface area contributed by atoms with Crippen molar-refractivity contribution in [2.45, 2.75) is 52.6 Å². The van der Waals surface area contributed by atoms with Crippen LogP contribution in [0.5, 0.6) is 0 Å². The van der Waals surface area contributed by atoms with Gasteiger partial charge in [-0.2, -0.15) is 5.10 Å². The highest BCUT2D eigenvalue weighted by Crippen LogP contribution is 2.39. The van der Waals surface area contributed by atoms with E-state index < -0.39 is 0 Å². The summed E-state index contributed by atoms with van der Waals surface area (Å²) in [5.74, 6) is 1.38. The first-order valence-corrected chi connectivity index (χ1v) is 11.8. The fourth-order valence-electron chi connectivity index (χ4n) is 4.79. The van der Waals surface area contributed by atoms with E-state index in [4.69, 9.17) is 0 Å². The minimum atomic E-state index is -0.345. The predicted molar refractivity (Wildman–Crippen MR) is 132 cm³/mol. The maximum absolute atomic E-state index is 14.2. The molecule has 0 saturated carbocycles. The Morgan fingerprint density at radius 1 is 1.12 bits per heavy atom. The van der Waals surface area contributed by atoms with E-state index in [1.165, 1.54) is 12.1 Å². The molecular weight excluding hydrogens is 431 g/mol. The molecule has 8 heteroatoms. The number of halogens is 1. The molecule has 2 aliphatic heterocycles. The van der Waals surface area contributed by atoms with Crippen LogP contribution in [0.4, 0.5) is 27.4 Å². The second-order valence-electron chi connectivity index (χ2n) is 10.3. The molecule has 1 amide bonds. The van der Waals surface area contributed by atoms with Gasteiger partial charge in [0.1, 0.15) is 17.5 Å². The highest BCUT2D eigenvalue weighted by Gasteiger charge is 2.34. The van der Waals surface area contributed by atoms with Gasteiger partial charge in [-0.3, -0.25) is 4.79 Å². The van der Waals surface area contributed by atoms with Crippen LogP contribution in [-0.2, 0) is 16.9 Å². The van der Waals surface area contributed by atoms with Crippen molar-refractivity contribution in [1.82, 2.24) is 14.8 Å². The summed E-state index contributed by atoms with van der Waals surface area (Å²) in [6.07, 6.45) is 5.19. The summed E-state index contributed by atoms with van der Waals surface area (Å²) >= 11 is 0. The number of fused-ring (bicyclic) bond motifs is 2. The van der Waals surface area contributed by atoms with Crippen molar-refractivity contribution < 1.29 is 9.18 Å². The van der Waals surface area contributed by atoms with Crippen molar-refractivity contribution in [3.63, 3.8) is 0 Å². The van der Waals surface area contributed by atoms with Crippen LogP contribution in [0, 0.1) is 18.7 Å². The number of benzene rings is 1. The zero-order chi connectivity index (χ0) is 24.0. The maximum atomic E-state index is 14.2. The van der Waals surface area contributed by atoms with Gasteiger partial charge in [-0.05, 0) is 70.4 Å². The van der Waals surface area contributed by atoms with E-state index in [2.05, 4.69) is 47.1 Å². The third kappa shape index (κ3) is 4.13. The van der Waals surface area contributed by atoms with Crippen molar-refractivity contribution in [1.29, 1.82) is 0 Å². The van der Waals surface area contributed by atoms with Gasteiger partial charge in [-0.15, -0.1) is 0 Å². The number of hydrogen-bond donors (Lipinski definition) is 1. The molecule has 1 N–H and O–H groups in total. The second-order valence-corrected chi connectivity index (χ2v) is 10.3. The quantitative estimate of drug-likeness (QED) is 0.581. The number of carbonyl (C=O) groups excluding carboxylic acids is 1. The largest absolute Gasteiger partial charge is 0.357 e. The predicted octanol–water partition coefficient (Wildman–Crippen LogP) is 4.99. The van der Waals surface area contributed by atoms with Crippen LogP contribution in [0.1, 0.15) is 44.7 Å². The molecule has 4 heterocycles. The number of aromatic nitrogens is 3. The number of anilines is 4. The molecule has 1 aromatic carbocycles. The van der Waals surface area contributed by atoms with E-state index in [0.717, 1.165) is 48.7 Å². The first-order valence-electron chi connectivity index (χ1n) is 11.8. The standard InChI is InChI=1S/C26H31FN6O/c1-17-5-8-23(28-14-17)31-11-9-18(10-12-31)25(34)32-16-19-15-29-33(26(2,3)4)24(19)30-21-13-20(27)6-7-22(21)32/h5-8,13-15,18,30H,9-12,16H2,1-4H3. The Hall–Kier alpha value is -3.42. The van der Waals surface area contributed by atoms with E-state index in [-0.39, 0.29) is 23.2 Å². The monoisotopic (exact) mass is 462 g/mol. The Morgan fingerprint density at radius 3 is 2.56 bits per heavy atom. The van der Waals surface area contributed by atoms with Gasteiger partial charge in [0, 0.05) is 30.8 Å². The normalized spacial score (nSPS) is 16.5. The minimum Gasteiger partial charge on any atom is -0.357 e. The molecule has 0 radical (unpaired) electrons. The number of amides is 1. The lowest BCUT2D eigenvalue weighted by molar-refractivity contribution is -0.123. The van der Waals surface area contributed by atoms with Crippen LogP contribution in [0.3, 0.4) is 0 Å². The number of nitrogens with one attached hydrogen (secondary N) is 1. The topological polar surface area (TPSA) is 66.3 Å². The average molecular weight is 463 g/mol. The number of carbonyl (C=O) groups is 1. The van der Waals surface area contributed by atoms with Crippen molar-refractivity contribution in [2.75, 3.05) is 28.2 Å². The van der Waals surface area contributed by atoms with E-state index >= 15 is 0 Å². The molecule has 3 aromatic rings. The molecule has 34 heavy (non-hydrogen) atoms. The number of nitrogens with zero attached hydrogens (tertiary/aromatic N) is 5. The molecule has 1 saturated heterocycles. The van der Waals surface area contributed by atoms with E-state index in [1.807, 2.05) is 30.1 Å². The van der Waals surface area contributed by atoms with Crippen LogP contribution in [0.15, 0.2) is 42.7 Å². The molecule has 178 valence electrons. The first-order chi connectivity index (χ1) is 16.2. The molecule has 0 bridgehead atoms. The van der Waals surface area contributed by atoms with Gasteiger partial charge < -0.3 is 15.1 Å². The van der Waals surface area contributed by atoms with Crippen molar-refractivity contribution >= 4 is 28.9 Å². The molecule has 0 unspecified atom stereocenters. The lowest BCUT2D eigenvalue weighted by Crippen LogP contribution is -2.42. The molecule has 2 aliphatic rings. The zero-order valence-corrected chi connectivity index (χ0v) is 20.2. The molecule has 2 aromatic heterocycles. The van der Waals surface area contributed by atoms with Crippen LogP contribution in [-0.4, -0.2) is 33.8 Å². The fourth-order valence-corrected chi connectivity index (χ4v) is 4.79. The Bertz CT molecular complexity index is 1210. The summed E-state index contributed by atoms with van der Waals surface area (Å²) in [5.41, 5.74) is 3.07. The third-order valence-corrected chi connectivity index (χ3v) is 6.64. The smallest absolute Gasteiger partial charge is 0.230 e. The Balaban J connectivity index is 1.41. The zero-order valence-electron chi connectivity index (χ0n) is 20.2. The maximum Gasteiger partial charge on any atom is 0.230 e. The summed E-state index contributed by atoms with van der Waals surface area (Å²) in [5, 5.41) is 7.94. The number of piperidine rings is 1. The van der Waals surface area contributed by atoms with Gasteiger partial charge in [0.05, 0.1) is 29.7 Å². The highest BCUT2D eigenvalue weighted by atomic mass is 19.1. The van der Waals surface area contributed by atoms with Crippen LogP contribution in [0.2, 0.25) is 0 Å². The molecule has 7 nitrogen and oxygen atoms in total. The molecule has 0 aliphatic carbocycles. The van der Waals surface area contributed by atoms with Gasteiger partial charge in [0.25, 0.3) is 0 Å². The average Bonchev–Trinajstić information content (AvgIpc) is 3.14. The van der Waals surface area contributed by atoms with Crippen molar-refractivity contribution in [2.24, 2.45) is 5.92 Å². The second kappa shape index (κ2) is 8.42. The number of rotatable bonds is 2. The van der Waals surface area contributed by atoms with Crippen LogP contribution >= 0.6 is 0 Å². The summed E-state index contributed by atoms with van der Waals surface area (Å²) in [4.78, 5) is 22.4. The molecule has 5 rings (SSSR count). The minimum absolute atomic E-state index is 0.0718. The number of hydrogen-bond acceptors (Lipinski definition) is 5. The lowest BCUT2D eigenvalue weighted by Gasteiger charge is -2.34. The van der Waals surface area contributed by atoms with Crippen LogP contribution < -0.4 is 15.1 Å². The summed E-state index contributed by atoms with van der Waals surface area (Å²) in [6, 6.07) is 8.67. The first kappa shape index (κ1) is 22.4. The lowest BCUT2D eigenvalue weighted by atomic mass is 9.94. The van der Waals surface area contributed by atoms with Gasteiger partial charge >= 0.3 is 0 Å². The van der Waals surface area contributed by atoms with E-state index in [9.17, 15) is 9.18 Å². The Labute approximate surface area is 199 Å². The fraction of sp³-hybridized carbons (Fsp3) is 0.423. The number of aryl methyl sites for hydroxylation is 1. The van der Waals surface area contributed by atoms with Gasteiger partial charge in [-0.25, -0.2) is 14.1 Å². The molecule has 0 atom stereocenters. The van der Waals surface area contributed by atoms with Crippen molar-refractivity contribution in [3.8, 4) is 0 Å². The summed E-state index contributed by atoms with van der Waals surface area (Å²) < 4.78 is 16.1. The number of pyridine rings is 1. The Morgan fingerprint density at radius 2 is 1.88 bits per heavy atom. The third-order valence-electron chi connectivity index (χ3n) is 6.64. The van der Waals surface area contributed by atoms with Crippen molar-refractivity contribution in [3.05, 3.63) is 59.7 Å². The van der Waals surface area contributed by atoms with Gasteiger partial charge in [0.2, 0.25) is 5.91 Å². The van der Waals surface area contributed by atoms with Gasteiger partial charge in [0.15, 0.2) is 0 Å². The van der Waals surface area contributed by atoms with Crippen LogP contribution in [0.25, 0.3) is 0 Å². The SMILES string of the molecule is Cc1ccc(N2CCC(C(=O)N3Cc4cnn(C(C)(C)C)c4Nc4cc(F)ccc43)CC2)nc1. The molecule has 0 spiro atoms. The highest BCUT2D eigenvalue weighted by molar-refractivity contribution is 5.99. The molecule has 1 fully saturated rings. The summed E-state index contributed by atoms with van der Waals surface area (Å²) in [7, 11) is 0.